The molecule has 2 N–H and O–H groups in total. The minimum atomic E-state index is -0.554. The van der Waals surface area contributed by atoms with Crippen molar-refractivity contribution in [3.05, 3.63) is 34.1 Å². The van der Waals surface area contributed by atoms with Crippen molar-refractivity contribution >= 4 is 21.8 Å². The molecule has 0 aromatic heterocycles. The van der Waals surface area contributed by atoms with Gasteiger partial charge in [-0.05, 0) is 40.9 Å². The molecule has 1 saturated carbocycles. The molecule has 0 spiro atoms. The van der Waals surface area contributed by atoms with Crippen LogP contribution in [0.2, 0.25) is 0 Å². The average Bonchev–Trinajstić information content (AvgIpc) is 2.42. The van der Waals surface area contributed by atoms with Gasteiger partial charge in [0, 0.05) is 0 Å². The van der Waals surface area contributed by atoms with E-state index in [9.17, 15) is 14.3 Å². The summed E-state index contributed by atoms with van der Waals surface area (Å²) in [5, 5.41) is 12.4. The number of hydrogen-bond donors (Lipinski definition) is 2. The fraction of sp³-hybridized carbons (Fsp3) is 0.500. The zero-order valence-corrected chi connectivity index (χ0v) is 12.2. The van der Waals surface area contributed by atoms with Crippen LogP contribution in [-0.4, -0.2) is 23.2 Å². The number of carbonyl (C=O) groups excluding carboxylic acids is 1. The lowest BCUT2D eigenvalue weighted by Crippen LogP contribution is -2.52. The summed E-state index contributed by atoms with van der Waals surface area (Å²) in [5.41, 5.74) is -0.292. The second kappa shape index (κ2) is 6.01. The standard InChI is InChI=1S/C14H17BrFNO2/c15-12-10(5-4-6-11(12)16)13(19)17-14(9-18)7-2-1-3-8-14/h4-6,18H,1-3,7-9H2,(H,17,19). The molecule has 1 aromatic rings. The van der Waals surface area contributed by atoms with Crippen LogP contribution in [0.3, 0.4) is 0 Å². The third-order valence-corrected chi connectivity index (χ3v) is 4.49. The minimum Gasteiger partial charge on any atom is -0.394 e. The third-order valence-electron chi connectivity index (χ3n) is 3.69. The Kier molecular flexibility index (Phi) is 4.58. The lowest BCUT2D eigenvalue weighted by molar-refractivity contribution is 0.0757. The molecule has 0 saturated heterocycles. The van der Waals surface area contributed by atoms with Crippen molar-refractivity contribution in [2.75, 3.05) is 6.61 Å². The lowest BCUT2D eigenvalue weighted by Gasteiger charge is -2.36. The van der Waals surface area contributed by atoms with E-state index in [2.05, 4.69) is 21.2 Å². The Labute approximate surface area is 120 Å². The van der Waals surface area contributed by atoms with Crippen LogP contribution in [0.5, 0.6) is 0 Å². The van der Waals surface area contributed by atoms with Gasteiger partial charge >= 0.3 is 0 Å². The molecule has 3 nitrogen and oxygen atoms in total. The number of hydrogen-bond acceptors (Lipinski definition) is 2. The van der Waals surface area contributed by atoms with Crippen LogP contribution < -0.4 is 5.32 Å². The minimum absolute atomic E-state index is 0.0777. The summed E-state index contributed by atoms with van der Waals surface area (Å²) in [4.78, 5) is 12.2. The normalized spacial score (nSPS) is 18.1. The van der Waals surface area contributed by atoms with Gasteiger partial charge < -0.3 is 10.4 Å². The van der Waals surface area contributed by atoms with Crippen molar-refractivity contribution in [2.45, 2.75) is 37.6 Å². The average molecular weight is 330 g/mol. The monoisotopic (exact) mass is 329 g/mol. The Morgan fingerprint density at radius 2 is 2.05 bits per heavy atom. The second-order valence-corrected chi connectivity index (χ2v) is 5.85. The highest BCUT2D eigenvalue weighted by molar-refractivity contribution is 9.10. The first kappa shape index (κ1) is 14.5. The molecule has 0 heterocycles. The van der Waals surface area contributed by atoms with Gasteiger partial charge in [0.2, 0.25) is 0 Å². The third kappa shape index (κ3) is 3.15. The van der Waals surface area contributed by atoms with Gasteiger partial charge in [-0.15, -0.1) is 0 Å². The van der Waals surface area contributed by atoms with E-state index in [0.717, 1.165) is 32.1 Å². The maximum atomic E-state index is 13.4. The number of carbonyl (C=O) groups is 1. The summed E-state index contributed by atoms with van der Waals surface area (Å²) in [5.74, 6) is -0.809. The highest BCUT2D eigenvalue weighted by atomic mass is 79.9. The van der Waals surface area contributed by atoms with Crippen molar-refractivity contribution in [1.29, 1.82) is 0 Å². The van der Waals surface area contributed by atoms with E-state index in [1.807, 2.05) is 0 Å². The number of rotatable bonds is 3. The van der Waals surface area contributed by atoms with Crippen LogP contribution >= 0.6 is 15.9 Å². The molecular weight excluding hydrogens is 313 g/mol. The molecule has 0 aliphatic heterocycles. The Bertz CT molecular complexity index is 473. The van der Waals surface area contributed by atoms with Crippen LogP contribution in [0.25, 0.3) is 0 Å². The van der Waals surface area contributed by atoms with E-state index in [0.29, 0.717) is 0 Å². The van der Waals surface area contributed by atoms with Gasteiger partial charge in [0.15, 0.2) is 0 Å². The van der Waals surface area contributed by atoms with E-state index < -0.39 is 11.4 Å². The van der Waals surface area contributed by atoms with Crippen molar-refractivity contribution in [3.63, 3.8) is 0 Å². The predicted octanol–water partition coefficient (Wildman–Crippen LogP) is 3.01. The number of aliphatic hydroxyl groups excluding tert-OH is 1. The molecule has 104 valence electrons. The SMILES string of the molecule is O=C(NC1(CO)CCCCC1)c1cccc(F)c1Br. The number of benzene rings is 1. The first-order valence-electron chi connectivity index (χ1n) is 6.45. The molecule has 1 fully saturated rings. The Balaban J connectivity index is 2.17. The van der Waals surface area contributed by atoms with Crippen LogP contribution in [0.1, 0.15) is 42.5 Å². The van der Waals surface area contributed by atoms with Crippen LogP contribution in [0.4, 0.5) is 4.39 Å². The van der Waals surface area contributed by atoms with Gasteiger partial charge in [-0.25, -0.2) is 4.39 Å². The zero-order valence-electron chi connectivity index (χ0n) is 10.6. The molecule has 0 radical (unpaired) electrons. The predicted molar refractivity (Wildman–Crippen MR) is 74.5 cm³/mol. The maximum absolute atomic E-state index is 13.4. The van der Waals surface area contributed by atoms with Crippen LogP contribution in [0, 0.1) is 5.82 Å². The molecule has 2 rings (SSSR count). The topological polar surface area (TPSA) is 49.3 Å². The van der Waals surface area contributed by atoms with E-state index in [1.165, 1.54) is 12.1 Å². The Morgan fingerprint density at radius 3 is 2.68 bits per heavy atom. The van der Waals surface area contributed by atoms with Gasteiger partial charge in [-0.2, -0.15) is 0 Å². The molecule has 1 aliphatic rings. The molecular formula is C14H17BrFNO2. The van der Waals surface area contributed by atoms with Crippen LogP contribution in [-0.2, 0) is 0 Å². The molecule has 1 amide bonds. The van der Waals surface area contributed by atoms with Gasteiger partial charge in [-0.3, -0.25) is 4.79 Å². The van der Waals surface area contributed by atoms with Crippen LogP contribution in [0.15, 0.2) is 22.7 Å². The van der Waals surface area contributed by atoms with E-state index in [1.54, 1.807) is 6.07 Å². The Hall–Kier alpha value is -0.940. The quantitative estimate of drug-likeness (QED) is 0.895. The number of halogens is 2. The smallest absolute Gasteiger partial charge is 0.253 e. The van der Waals surface area contributed by atoms with Crippen molar-refractivity contribution in [1.82, 2.24) is 5.32 Å². The summed E-state index contributed by atoms with van der Waals surface area (Å²) in [6.45, 7) is -0.0777. The molecule has 19 heavy (non-hydrogen) atoms. The van der Waals surface area contributed by atoms with Crippen molar-refractivity contribution < 1.29 is 14.3 Å². The fourth-order valence-electron chi connectivity index (χ4n) is 2.54. The zero-order chi connectivity index (χ0) is 13.9. The number of amides is 1. The van der Waals surface area contributed by atoms with E-state index in [-0.39, 0.29) is 22.6 Å². The summed E-state index contributed by atoms with van der Waals surface area (Å²) in [6, 6.07) is 4.36. The number of aliphatic hydroxyl groups is 1. The molecule has 1 aromatic carbocycles. The van der Waals surface area contributed by atoms with Crippen molar-refractivity contribution in [3.8, 4) is 0 Å². The van der Waals surface area contributed by atoms with Gasteiger partial charge in [0.05, 0.1) is 22.2 Å². The van der Waals surface area contributed by atoms with Gasteiger partial charge in [0.25, 0.3) is 5.91 Å². The van der Waals surface area contributed by atoms with Gasteiger partial charge in [-0.1, -0.05) is 25.3 Å². The first-order valence-corrected chi connectivity index (χ1v) is 7.25. The summed E-state index contributed by atoms with van der Waals surface area (Å²) in [7, 11) is 0. The van der Waals surface area contributed by atoms with Gasteiger partial charge in [0.1, 0.15) is 5.82 Å². The number of nitrogens with one attached hydrogen (secondary N) is 1. The summed E-state index contributed by atoms with van der Waals surface area (Å²) >= 11 is 3.09. The van der Waals surface area contributed by atoms with Crippen molar-refractivity contribution in [2.24, 2.45) is 0 Å². The molecule has 5 heteroatoms. The largest absolute Gasteiger partial charge is 0.394 e. The lowest BCUT2D eigenvalue weighted by atomic mass is 9.82. The molecule has 1 aliphatic carbocycles. The second-order valence-electron chi connectivity index (χ2n) is 5.05. The van der Waals surface area contributed by atoms with E-state index >= 15 is 0 Å². The highest BCUT2D eigenvalue weighted by Gasteiger charge is 2.33. The summed E-state index contributed by atoms with van der Waals surface area (Å²) in [6.07, 6.45) is 4.64. The van der Waals surface area contributed by atoms with E-state index in [4.69, 9.17) is 0 Å². The fourth-order valence-corrected chi connectivity index (χ4v) is 2.98. The molecule has 0 unspecified atom stereocenters. The highest BCUT2D eigenvalue weighted by Crippen LogP contribution is 2.29. The summed E-state index contributed by atoms with van der Waals surface area (Å²) < 4.78 is 13.6. The molecule has 0 atom stereocenters. The Morgan fingerprint density at radius 1 is 1.37 bits per heavy atom. The first-order chi connectivity index (χ1) is 9.08. The maximum Gasteiger partial charge on any atom is 0.253 e. The molecule has 0 bridgehead atoms.